The number of hydrogen-bond acceptors (Lipinski definition) is 6. The number of allylic oxidation sites excluding steroid dienone is 4. The first-order valence-electron chi connectivity index (χ1n) is 13.2. The Kier molecular flexibility index (Phi) is 6.78. The first-order chi connectivity index (χ1) is 16.8. The Morgan fingerprint density at radius 1 is 1.28 bits per heavy atom. The molecule has 0 heterocycles. The fourth-order valence-electron chi connectivity index (χ4n) is 8.16. The van der Waals surface area contributed by atoms with Crippen LogP contribution in [0.1, 0.15) is 66.7 Å². The van der Waals surface area contributed by atoms with Crippen LogP contribution in [-0.4, -0.2) is 58.4 Å². The Morgan fingerprint density at radius 3 is 2.61 bits per heavy atom. The molecule has 0 aromatic heterocycles. The van der Waals surface area contributed by atoms with Crippen LogP contribution in [0.3, 0.4) is 0 Å². The van der Waals surface area contributed by atoms with E-state index in [1.165, 1.54) is 12.2 Å². The average Bonchev–Trinajstić information content (AvgIpc) is 3.01. The second-order valence-corrected chi connectivity index (χ2v) is 12.2. The fourth-order valence-corrected chi connectivity index (χ4v) is 8.16. The number of alkyl halides is 1. The van der Waals surface area contributed by atoms with E-state index in [9.17, 15) is 24.6 Å². The molecule has 7 nitrogen and oxygen atoms in total. The fraction of sp³-hybridized carbons (Fsp3) is 0.750. The quantitative estimate of drug-likeness (QED) is 0.508. The van der Waals surface area contributed by atoms with Gasteiger partial charge in [0.2, 0.25) is 5.78 Å². The number of carbonyl (C=O) groups excluding carboxylic acids is 3. The van der Waals surface area contributed by atoms with E-state index in [1.54, 1.807) is 26.8 Å². The molecule has 4 aliphatic rings. The van der Waals surface area contributed by atoms with Gasteiger partial charge in [-0.25, -0.2) is 9.18 Å². The molecule has 4 rings (SSSR count). The summed E-state index contributed by atoms with van der Waals surface area (Å²) < 4.78 is 23.3. The van der Waals surface area contributed by atoms with E-state index in [0.717, 1.165) is 6.42 Å². The van der Waals surface area contributed by atoms with Crippen molar-refractivity contribution in [1.82, 2.24) is 5.32 Å². The maximum absolute atomic E-state index is 17.3. The molecule has 3 saturated carbocycles. The number of nitrogens with one attached hydrogen (secondary N) is 1. The first kappa shape index (κ1) is 27.0. The highest BCUT2D eigenvalue weighted by Crippen LogP contribution is 2.71. The van der Waals surface area contributed by atoms with Gasteiger partial charge in [-0.2, -0.15) is 0 Å². The number of ether oxygens (including phenoxy) is 1. The van der Waals surface area contributed by atoms with E-state index in [0.29, 0.717) is 37.3 Å². The van der Waals surface area contributed by atoms with Gasteiger partial charge in [0.25, 0.3) is 0 Å². The number of amides is 1. The molecular weight excluding hydrogens is 465 g/mol. The molecule has 1 amide bonds. The van der Waals surface area contributed by atoms with Crippen LogP contribution in [-0.2, 0) is 14.3 Å². The lowest BCUT2D eigenvalue weighted by molar-refractivity contribution is -0.219. The van der Waals surface area contributed by atoms with Crippen molar-refractivity contribution in [3.63, 3.8) is 0 Å². The summed E-state index contributed by atoms with van der Waals surface area (Å²) in [6, 6.07) is 0. The highest BCUT2D eigenvalue weighted by Gasteiger charge is 2.77. The Bertz CT molecular complexity index is 1010. The summed E-state index contributed by atoms with van der Waals surface area (Å²) in [7, 11) is 0. The minimum absolute atomic E-state index is 0.106. The largest absolute Gasteiger partial charge is 0.434 e. The zero-order valence-electron chi connectivity index (χ0n) is 22.0. The molecule has 0 spiro atoms. The monoisotopic (exact) mass is 505 g/mol. The maximum Gasteiger partial charge on any atom is 0.408 e. The van der Waals surface area contributed by atoms with Gasteiger partial charge >= 0.3 is 6.09 Å². The molecule has 0 saturated heterocycles. The normalized spacial score (nSPS) is 43.4. The molecule has 0 aliphatic heterocycles. The Balaban J connectivity index is 1.74. The molecule has 8 heteroatoms. The van der Waals surface area contributed by atoms with Gasteiger partial charge in [-0.05, 0) is 63.0 Å². The number of fused-ring (bicyclic) bond motifs is 5. The van der Waals surface area contributed by atoms with Crippen LogP contribution in [0, 0.1) is 34.5 Å². The van der Waals surface area contributed by atoms with Crippen LogP contribution in [0.5, 0.6) is 0 Å². The Labute approximate surface area is 212 Å². The van der Waals surface area contributed by atoms with Crippen molar-refractivity contribution >= 4 is 17.7 Å². The number of aliphatic hydroxyl groups excluding tert-OH is 2. The number of Topliss-reactive ketones (excluding diaryl/α,β-unsaturated/α-hetero) is 1. The van der Waals surface area contributed by atoms with E-state index in [4.69, 9.17) is 4.74 Å². The van der Waals surface area contributed by atoms with E-state index >= 15 is 4.39 Å². The number of rotatable bonds is 6. The summed E-state index contributed by atoms with van der Waals surface area (Å²) in [5, 5.41) is 24.2. The van der Waals surface area contributed by atoms with Gasteiger partial charge in [-0.3, -0.25) is 9.59 Å². The second-order valence-electron chi connectivity index (χ2n) is 12.2. The number of aliphatic hydroxyl groups is 2. The number of halogens is 1. The van der Waals surface area contributed by atoms with E-state index < -0.39 is 58.5 Å². The van der Waals surface area contributed by atoms with Gasteiger partial charge in [0.15, 0.2) is 17.1 Å². The topological polar surface area (TPSA) is 113 Å². The van der Waals surface area contributed by atoms with Crippen molar-refractivity contribution in [2.24, 2.45) is 34.5 Å². The predicted molar refractivity (Wildman–Crippen MR) is 132 cm³/mol. The number of hydrogen-bond donors (Lipinski definition) is 3. The van der Waals surface area contributed by atoms with Gasteiger partial charge in [-0.1, -0.05) is 39.3 Å². The molecule has 0 aromatic carbocycles. The van der Waals surface area contributed by atoms with Gasteiger partial charge in [0.05, 0.1) is 6.10 Å². The molecule has 4 aliphatic carbocycles. The molecule has 200 valence electrons. The Morgan fingerprint density at radius 2 is 1.97 bits per heavy atom. The molecular formula is C28H40FNO6. The van der Waals surface area contributed by atoms with Crippen LogP contribution in [0.15, 0.2) is 23.8 Å². The maximum atomic E-state index is 17.3. The SMILES string of the molecule is CC(C)CCNC(=O)O[C@@]1(C(=O)CO)[C@@H](C)CC2C3CCC4=CC(=O)C=C[C@]4(C)C3(F)[C@@H](O)C[C@@]21C. The van der Waals surface area contributed by atoms with Crippen molar-refractivity contribution in [2.75, 3.05) is 13.2 Å². The Hall–Kier alpha value is -2.06. The summed E-state index contributed by atoms with van der Waals surface area (Å²) in [6.45, 7) is 8.97. The lowest BCUT2D eigenvalue weighted by atomic mass is 9.44. The first-order valence-corrected chi connectivity index (χ1v) is 13.2. The highest BCUT2D eigenvalue weighted by atomic mass is 19.1. The third kappa shape index (κ3) is 3.54. The standard InChI is InChI=1S/C28H40FNO6/c1-16(2)9-11-30-24(35)36-28(23(34)15-31)17(3)12-21-20-7-6-18-13-19(32)8-10-25(18,4)27(20,29)22(33)14-26(21,28)5/h8,10,13,16-17,20-22,31,33H,6-7,9,11-12,14-15H2,1-5H3,(H,30,35)/t17-,20?,21?,22-,25-,26-,27?,28+/m0/s1. The van der Waals surface area contributed by atoms with Crippen LogP contribution in [0.25, 0.3) is 0 Å². The van der Waals surface area contributed by atoms with Gasteiger partial charge < -0.3 is 20.3 Å². The summed E-state index contributed by atoms with van der Waals surface area (Å²) in [5.74, 6) is -1.90. The average molecular weight is 506 g/mol. The smallest absolute Gasteiger partial charge is 0.408 e. The van der Waals surface area contributed by atoms with Gasteiger partial charge in [-0.15, -0.1) is 0 Å². The summed E-state index contributed by atoms with van der Waals surface area (Å²) >= 11 is 0. The predicted octanol–water partition coefficient (Wildman–Crippen LogP) is 3.68. The van der Waals surface area contributed by atoms with Crippen LogP contribution < -0.4 is 5.32 Å². The van der Waals surface area contributed by atoms with Crippen molar-refractivity contribution in [3.8, 4) is 0 Å². The van der Waals surface area contributed by atoms with E-state index in [-0.39, 0.29) is 18.1 Å². The van der Waals surface area contributed by atoms with Crippen molar-refractivity contribution in [3.05, 3.63) is 23.8 Å². The number of ketones is 2. The van der Waals surface area contributed by atoms with E-state index in [1.807, 2.05) is 13.8 Å². The third-order valence-corrected chi connectivity index (χ3v) is 9.98. The zero-order chi connectivity index (χ0) is 26.7. The van der Waals surface area contributed by atoms with Crippen LogP contribution in [0.2, 0.25) is 0 Å². The van der Waals surface area contributed by atoms with Gasteiger partial charge in [0, 0.05) is 29.2 Å². The van der Waals surface area contributed by atoms with Crippen molar-refractivity contribution in [1.29, 1.82) is 0 Å². The molecule has 3 fully saturated rings. The van der Waals surface area contributed by atoms with Crippen LogP contribution in [0.4, 0.5) is 9.18 Å². The minimum Gasteiger partial charge on any atom is -0.434 e. The number of alkyl carbamates (subject to hydrolysis) is 1. The molecule has 0 radical (unpaired) electrons. The zero-order valence-corrected chi connectivity index (χ0v) is 22.0. The molecule has 0 bridgehead atoms. The summed E-state index contributed by atoms with van der Waals surface area (Å²) in [4.78, 5) is 38.3. The summed E-state index contributed by atoms with van der Waals surface area (Å²) in [5.41, 5.74) is -5.27. The second kappa shape index (κ2) is 9.05. The lowest BCUT2D eigenvalue weighted by Crippen LogP contribution is -2.70. The molecule has 3 N–H and O–H groups in total. The lowest BCUT2D eigenvalue weighted by Gasteiger charge is -2.62. The molecule has 36 heavy (non-hydrogen) atoms. The molecule has 0 aromatic rings. The van der Waals surface area contributed by atoms with Crippen molar-refractivity contribution in [2.45, 2.75) is 84.1 Å². The molecule has 8 atom stereocenters. The third-order valence-electron chi connectivity index (χ3n) is 9.98. The highest BCUT2D eigenvalue weighted by molar-refractivity contribution is 6.01. The van der Waals surface area contributed by atoms with Crippen LogP contribution >= 0.6 is 0 Å². The number of carbonyl (C=O) groups is 3. The molecule has 3 unspecified atom stereocenters. The van der Waals surface area contributed by atoms with Crippen molar-refractivity contribution < 1.29 is 33.7 Å². The van der Waals surface area contributed by atoms with E-state index in [2.05, 4.69) is 5.32 Å². The van der Waals surface area contributed by atoms with Gasteiger partial charge in [0.1, 0.15) is 6.61 Å². The minimum atomic E-state index is -2.05. The summed E-state index contributed by atoms with van der Waals surface area (Å²) in [6.07, 6.45) is 4.21.